The summed E-state index contributed by atoms with van der Waals surface area (Å²) in [6.45, 7) is 0.590. The van der Waals surface area contributed by atoms with Crippen LogP contribution in [-0.2, 0) is 16.1 Å². The van der Waals surface area contributed by atoms with Crippen molar-refractivity contribution in [1.29, 1.82) is 0 Å². The maximum Gasteiger partial charge on any atom is 0.256 e. The number of carbonyl (C=O) groups is 2. The van der Waals surface area contributed by atoms with Crippen molar-refractivity contribution in [3.63, 3.8) is 0 Å². The zero-order valence-corrected chi connectivity index (χ0v) is 20.0. The van der Waals surface area contributed by atoms with Crippen molar-refractivity contribution in [2.75, 3.05) is 23.5 Å². The molecular weight excluding hydrogens is 468 g/mol. The normalized spacial score (nSPS) is 21.8. The molecule has 4 heterocycles. The van der Waals surface area contributed by atoms with E-state index in [0.717, 1.165) is 16.3 Å². The molecule has 0 aromatic carbocycles. The van der Waals surface area contributed by atoms with Gasteiger partial charge in [-0.15, -0.1) is 0 Å². The lowest BCUT2D eigenvalue weighted by atomic mass is 9.81. The number of nitrogens with zero attached hydrogens (tertiary/aromatic N) is 3. The van der Waals surface area contributed by atoms with E-state index in [9.17, 15) is 14.7 Å². The number of anilines is 2. The van der Waals surface area contributed by atoms with Crippen LogP contribution >= 0.6 is 11.8 Å². The average Bonchev–Trinajstić information content (AvgIpc) is 2.88. The Balaban J connectivity index is 1.18. The smallest absolute Gasteiger partial charge is 0.256 e. The second-order valence-corrected chi connectivity index (χ2v) is 9.72. The summed E-state index contributed by atoms with van der Waals surface area (Å²) in [6.07, 6.45) is 5.38. The lowest BCUT2D eigenvalue weighted by Crippen LogP contribution is -2.48. The van der Waals surface area contributed by atoms with Gasteiger partial charge < -0.3 is 25.8 Å². The summed E-state index contributed by atoms with van der Waals surface area (Å²) in [4.78, 5) is 37.7. The lowest BCUT2D eigenvalue weighted by Gasteiger charge is -2.35. The van der Waals surface area contributed by atoms with Gasteiger partial charge in [-0.1, -0.05) is 11.8 Å². The summed E-state index contributed by atoms with van der Waals surface area (Å²) in [5, 5.41) is 21.1. The Kier molecular flexibility index (Phi) is 6.54. The first-order valence-electron chi connectivity index (χ1n) is 11.4. The molecule has 1 aliphatic carbocycles. The Hall–Kier alpha value is -3.28. The molecule has 4 N–H and O–H groups in total. The summed E-state index contributed by atoms with van der Waals surface area (Å²) < 4.78 is 5.19. The molecule has 0 saturated heterocycles. The molecule has 5 rings (SSSR count). The van der Waals surface area contributed by atoms with Gasteiger partial charge in [-0.25, -0.2) is 9.97 Å². The first kappa shape index (κ1) is 23.5. The highest BCUT2D eigenvalue weighted by molar-refractivity contribution is 8.00. The molecule has 0 spiro atoms. The van der Waals surface area contributed by atoms with Crippen LogP contribution in [0.25, 0.3) is 11.0 Å². The Morgan fingerprint density at radius 3 is 2.91 bits per heavy atom. The molecule has 1 fully saturated rings. The number of methoxy groups -OCH3 is 1. The minimum atomic E-state index is -1.46. The fraction of sp³-hybridized carbons (Fsp3) is 0.375. The Morgan fingerprint density at radius 2 is 2.11 bits per heavy atom. The first-order valence-corrected chi connectivity index (χ1v) is 12.4. The minimum absolute atomic E-state index is 0.0195. The summed E-state index contributed by atoms with van der Waals surface area (Å²) in [7, 11) is 1.52. The highest BCUT2D eigenvalue weighted by Gasteiger charge is 2.40. The molecule has 0 unspecified atom stereocenters. The van der Waals surface area contributed by atoms with Crippen LogP contribution in [-0.4, -0.2) is 56.4 Å². The molecule has 35 heavy (non-hydrogen) atoms. The van der Waals surface area contributed by atoms with E-state index in [1.54, 1.807) is 24.4 Å². The topological polar surface area (TPSA) is 138 Å². The van der Waals surface area contributed by atoms with Crippen molar-refractivity contribution in [2.24, 2.45) is 0 Å². The largest absolute Gasteiger partial charge is 0.481 e. The van der Waals surface area contributed by atoms with E-state index in [2.05, 4.69) is 30.9 Å². The van der Waals surface area contributed by atoms with Crippen LogP contribution in [0, 0.1) is 0 Å². The van der Waals surface area contributed by atoms with Crippen molar-refractivity contribution < 1.29 is 19.4 Å². The molecule has 0 atom stereocenters. The van der Waals surface area contributed by atoms with Crippen LogP contribution in [0.15, 0.2) is 41.7 Å². The molecular formula is C24H26N6O4S. The number of hydrogen-bond acceptors (Lipinski definition) is 9. The van der Waals surface area contributed by atoms with Gasteiger partial charge in [0.2, 0.25) is 11.8 Å². The Labute approximate surface area is 206 Å². The quantitative estimate of drug-likeness (QED) is 0.407. The van der Waals surface area contributed by atoms with E-state index in [4.69, 9.17) is 4.74 Å². The summed E-state index contributed by atoms with van der Waals surface area (Å²) >= 11 is 1.43. The van der Waals surface area contributed by atoms with Gasteiger partial charge in [0.25, 0.3) is 5.91 Å². The van der Waals surface area contributed by atoms with Crippen molar-refractivity contribution in [3.8, 4) is 5.88 Å². The molecule has 2 amide bonds. The number of fused-ring (bicyclic) bond motifs is 2. The second-order valence-electron chi connectivity index (χ2n) is 8.75. The standard InChI is InChI=1S/C24H26N6O4S/c1-34-20-3-2-16-21(30-20)17(6-9-25-16)29-23(32)24(33)7-4-15(5-8-24)26-11-14-10-18-22(27-12-14)35-13-19(31)28-18/h2-3,6,9-10,12,15,26,33H,4-5,7-8,11,13H2,1H3,(H,28,31)(H,25,29,32). The molecule has 3 aromatic heterocycles. The van der Waals surface area contributed by atoms with Gasteiger partial charge in [-0.2, -0.15) is 0 Å². The van der Waals surface area contributed by atoms with Crippen LogP contribution < -0.4 is 20.7 Å². The lowest BCUT2D eigenvalue weighted by molar-refractivity contribution is -0.137. The zero-order chi connectivity index (χ0) is 24.4. The van der Waals surface area contributed by atoms with E-state index < -0.39 is 11.5 Å². The monoisotopic (exact) mass is 494 g/mol. The molecule has 11 heteroatoms. The molecule has 2 aliphatic rings. The van der Waals surface area contributed by atoms with Gasteiger partial charge in [-0.3, -0.25) is 14.6 Å². The van der Waals surface area contributed by atoms with E-state index in [0.29, 0.717) is 60.6 Å². The van der Waals surface area contributed by atoms with Gasteiger partial charge in [0.15, 0.2) is 0 Å². The SMILES string of the molecule is COc1ccc2nccc(NC(=O)C3(O)CCC(NCc4cnc5c(c4)NC(=O)CS5)CC3)c2n1. The fourth-order valence-corrected chi connectivity index (χ4v) is 5.10. The Morgan fingerprint density at radius 1 is 1.29 bits per heavy atom. The van der Waals surface area contributed by atoms with Crippen LogP contribution in [0.3, 0.4) is 0 Å². The first-order chi connectivity index (χ1) is 16.9. The highest BCUT2D eigenvalue weighted by Crippen LogP contribution is 2.32. The van der Waals surface area contributed by atoms with Crippen molar-refractivity contribution in [1.82, 2.24) is 20.3 Å². The van der Waals surface area contributed by atoms with Gasteiger partial charge in [0, 0.05) is 31.0 Å². The molecule has 10 nitrogen and oxygen atoms in total. The number of ether oxygens (including phenoxy) is 1. The van der Waals surface area contributed by atoms with Crippen LogP contribution in [0.4, 0.5) is 11.4 Å². The zero-order valence-electron chi connectivity index (χ0n) is 19.2. The number of aromatic nitrogens is 3. The number of carbonyl (C=O) groups excluding carboxylic acids is 2. The second kappa shape index (κ2) is 9.76. The number of rotatable bonds is 6. The molecule has 0 bridgehead atoms. The number of aliphatic hydroxyl groups is 1. The number of pyridine rings is 3. The van der Waals surface area contributed by atoms with Gasteiger partial charge in [-0.05, 0) is 49.4 Å². The summed E-state index contributed by atoms with van der Waals surface area (Å²) in [6, 6.07) is 7.24. The molecule has 1 aliphatic heterocycles. The van der Waals surface area contributed by atoms with Crippen molar-refractivity contribution >= 4 is 46.0 Å². The average molecular weight is 495 g/mol. The predicted molar refractivity (Wildman–Crippen MR) is 132 cm³/mol. The van der Waals surface area contributed by atoms with Gasteiger partial charge in [0.05, 0.1) is 29.8 Å². The summed E-state index contributed by atoms with van der Waals surface area (Å²) in [5.74, 6) is 0.341. The Bertz CT molecular complexity index is 1280. The highest BCUT2D eigenvalue weighted by atomic mass is 32.2. The number of amides is 2. The van der Waals surface area contributed by atoms with Gasteiger partial charge >= 0.3 is 0 Å². The van der Waals surface area contributed by atoms with Crippen LogP contribution in [0.2, 0.25) is 0 Å². The van der Waals surface area contributed by atoms with Crippen LogP contribution in [0.5, 0.6) is 5.88 Å². The minimum Gasteiger partial charge on any atom is -0.481 e. The molecule has 1 saturated carbocycles. The summed E-state index contributed by atoms with van der Waals surface area (Å²) in [5.41, 5.74) is 1.87. The van der Waals surface area contributed by atoms with Crippen molar-refractivity contribution in [3.05, 3.63) is 42.2 Å². The van der Waals surface area contributed by atoms with Crippen LogP contribution in [0.1, 0.15) is 31.2 Å². The number of thioether (sulfide) groups is 1. The maximum atomic E-state index is 13.0. The maximum absolute atomic E-state index is 13.0. The molecule has 3 aromatic rings. The van der Waals surface area contributed by atoms with E-state index in [1.165, 1.54) is 18.9 Å². The van der Waals surface area contributed by atoms with E-state index >= 15 is 0 Å². The fourth-order valence-electron chi connectivity index (χ4n) is 4.37. The van der Waals surface area contributed by atoms with Gasteiger partial charge in [0.1, 0.15) is 16.1 Å². The number of hydrogen-bond donors (Lipinski definition) is 4. The molecule has 182 valence electrons. The van der Waals surface area contributed by atoms with E-state index in [-0.39, 0.29) is 11.9 Å². The number of nitrogens with one attached hydrogen (secondary N) is 3. The molecule has 0 radical (unpaired) electrons. The predicted octanol–water partition coefficient (Wildman–Crippen LogP) is 2.48. The third-order valence-corrected chi connectivity index (χ3v) is 7.37. The third-order valence-electron chi connectivity index (χ3n) is 6.37. The van der Waals surface area contributed by atoms with Crippen molar-refractivity contribution in [2.45, 2.75) is 48.9 Å². The van der Waals surface area contributed by atoms with E-state index in [1.807, 2.05) is 12.3 Å². The third kappa shape index (κ3) is 5.07.